The molecule has 0 aliphatic carbocycles. The summed E-state index contributed by atoms with van der Waals surface area (Å²) in [7, 11) is 0. The van der Waals surface area contributed by atoms with Crippen molar-refractivity contribution in [2.45, 2.75) is 31.7 Å². The molecule has 1 aliphatic heterocycles. The second kappa shape index (κ2) is 7.33. The van der Waals surface area contributed by atoms with Gasteiger partial charge in [-0.15, -0.1) is 11.6 Å². The smallest absolute Gasteiger partial charge is 0.289 e. The Kier molecular flexibility index (Phi) is 5.47. The fourth-order valence-corrected chi connectivity index (χ4v) is 2.44. The molecule has 1 fully saturated rings. The predicted molar refractivity (Wildman–Crippen MR) is 75.7 cm³/mol. The summed E-state index contributed by atoms with van der Waals surface area (Å²) in [6.45, 7) is 1.28. The molecule has 2 rings (SSSR count). The first-order valence-electron chi connectivity index (χ1n) is 6.89. The zero-order valence-electron chi connectivity index (χ0n) is 11.3. The molecule has 6 heteroatoms. The maximum absolute atomic E-state index is 12.1. The molecule has 2 amide bonds. The van der Waals surface area contributed by atoms with Crippen molar-refractivity contribution in [3.05, 3.63) is 24.2 Å². The van der Waals surface area contributed by atoms with E-state index in [0.29, 0.717) is 37.6 Å². The third kappa shape index (κ3) is 4.00. The van der Waals surface area contributed by atoms with E-state index in [4.69, 9.17) is 16.0 Å². The summed E-state index contributed by atoms with van der Waals surface area (Å²) in [5.41, 5.74) is 0. The van der Waals surface area contributed by atoms with Crippen LogP contribution in [0.3, 0.4) is 0 Å². The molecule has 110 valence electrons. The fraction of sp³-hybridized carbons (Fsp3) is 0.571. The molecule has 1 saturated heterocycles. The lowest BCUT2D eigenvalue weighted by Gasteiger charge is -2.31. The van der Waals surface area contributed by atoms with Crippen molar-refractivity contribution in [2.24, 2.45) is 0 Å². The summed E-state index contributed by atoms with van der Waals surface area (Å²) >= 11 is 5.56. The number of piperidine rings is 1. The van der Waals surface area contributed by atoms with E-state index < -0.39 is 0 Å². The molecule has 1 aromatic heterocycles. The van der Waals surface area contributed by atoms with Crippen molar-refractivity contribution in [3.63, 3.8) is 0 Å². The number of amides is 2. The summed E-state index contributed by atoms with van der Waals surface area (Å²) in [5.74, 6) is 0.835. The third-order valence-corrected chi connectivity index (χ3v) is 3.68. The van der Waals surface area contributed by atoms with Crippen LogP contribution in [0, 0.1) is 0 Å². The summed E-state index contributed by atoms with van der Waals surface area (Å²) in [5, 5.41) is 2.99. The highest BCUT2D eigenvalue weighted by atomic mass is 35.5. The maximum atomic E-state index is 12.1. The second-order valence-electron chi connectivity index (χ2n) is 4.90. The Morgan fingerprint density at radius 1 is 1.40 bits per heavy atom. The summed E-state index contributed by atoms with van der Waals surface area (Å²) < 4.78 is 5.11. The Morgan fingerprint density at radius 2 is 2.15 bits per heavy atom. The molecule has 0 radical (unpaired) electrons. The van der Waals surface area contributed by atoms with Crippen molar-refractivity contribution in [1.82, 2.24) is 10.2 Å². The van der Waals surface area contributed by atoms with E-state index >= 15 is 0 Å². The van der Waals surface area contributed by atoms with Crippen LogP contribution in [0.25, 0.3) is 0 Å². The lowest BCUT2D eigenvalue weighted by atomic mass is 10.0. The lowest BCUT2D eigenvalue weighted by Crippen LogP contribution is -2.46. The number of hydrogen-bond donors (Lipinski definition) is 1. The van der Waals surface area contributed by atoms with Crippen molar-refractivity contribution in [1.29, 1.82) is 0 Å². The summed E-state index contributed by atoms with van der Waals surface area (Å²) in [6.07, 6.45) is 4.22. The zero-order valence-corrected chi connectivity index (χ0v) is 12.1. The van der Waals surface area contributed by atoms with Gasteiger partial charge in [0.15, 0.2) is 5.76 Å². The lowest BCUT2D eigenvalue weighted by molar-refractivity contribution is -0.122. The molecule has 0 bridgehead atoms. The second-order valence-corrected chi connectivity index (χ2v) is 5.28. The van der Waals surface area contributed by atoms with E-state index in [2.05, 4.69) is 5.32 Å². The Labute approximate surface area is 123 Å². The number of furan rings is 1. The van der Waals surface area contributed by atoms with Crippen LogP contribution < -0.4 is 5.32 Å². The molecule has 0 unspecified atom stereocenters. The number of halogens is 1. The van der Waals surface area contributed by atoms with Gasteiger partial charge in [0.25, 0.3) is 5.91 Å². The van der Waals surface area contributed by atoms with Crippen LogP contribution in [-0.2, 0) is 4.79 Å². The molecule has 0 atom stereocenters. The van der Waals surface area contributed by atoms with Crippen LogP contribution >= 0.6 is 11.6 Å². The van der Waals surface area contributed by atoms with Crippen molar-refractivity contribution in [3.8, 4) is 0 Å². The van der Waals surface area contributed by atoms with E-state index in [-0.39, 0.29) is 17.9 Å². The molecule has 1 aliphatic rings. The van der Waals surface area contributed by atoms with Crippen LogP contribution in [0.1, 0.15) is 36.2 Å². The normalized spacial score (nSPS) is 16.1. The number of nitrogens with one attached hydrogen (secondary N) is 1. The van der Waals surface area contributed by atoms with E-state index in [1.54, 1.807) is 17.0 Å². The first-order valence-corrected chi connectivity index (χ1v) is 7.42. The number of alkyl halides is 1. The third-order valence-electron chi connectivity index (χ3n) is 3.42. The Bertz CT molecular complexity index is 439. The first-order chi connectivity index (χ1) is 9.70. The van der Waals surface area contributed by atoms with Crippen LogP contribution in [0.15, 0.2) is 22.8 Å². The summed E-state index contributed by atoms with van der Waals surface area (Å²) in [4.78, 5) is 25.4. The van der Waals surface area contributed by atoms with Crippen LogP contribution in [0.4, 0.5) is 0 Å². The molecule has 0 saturated carbocycles. The van der Waals surface area contributed by atoms with Crippen molar-refractivity contribution >= 4 is 23.4 Å². The van der Waals surface area contributed by atoms with Crippen LogP contribution in [0.2, 0.25) is 0 Å². The highest BCUT2D eigenvalue weighted by Gasteiger charge is 2.25. The van der Waals surface area contributed by atoms with Gasteiger partial charge in [0.1, 0.15) is 0 Å². The Hall–Kier alpha value is -1.49. The van der Waals surface area contributed by atoms with Crippen molar-refractivity contribution < 1.29 is 14.0 Å². The Morgan fingerprint density at radius 3 is 2.75 bits per heavy atom. The average molecular weight is 299 g/mol. The molecule has 2 heterocycles. The number of nitrogens with zero attached hydrogens (tertiary/aromatic N) is 1. The monoisotopic (exact) mass is 298 g/mol. The van der Waals surface area contributed by atoms with Gasteiger partial charge in [-0.3, -0.25) is 9.59 Å². The number of carbonyl (C=O) groups excluding carboxylic acids is 2. The molecule has 1 N–H and O–H groups in total. The minimum atomic E-state index is -0.0816. The van der Waals surface area contributed by atoms with Crippen LogP contribution in [0.5, 0.6) is 0 Å². The van der Waals surface area contributed by atoms with Gasteiger partial charge in [-0.25, -0.2) is 0 Å². The van der Waals surface area contributed by atoms with Gasteiger partial charge in [0.2, 0.25) is 5.91 Å². The van der Waals surface area contributed by atoms with E-state index in [9.17, 15) is 9.59 Å². The van der Waals surface area contributed by atoms with Gasteiger partial charge >= 0.3 is 0 Å². The number of rotatable bonds is 5. The predicted octanol–water partition coefficient (Wildman–Crippen LogP) is 2.02. The van der Waals surface area contributed by atoms with Gasteiger partial charge in [0, 0.05) is 31.4 Å². The minimum absolute atomic E-state index is 0.0430. The highest BCUT2D eigenvalue weighted by Crippen LogP contribution is 2.14. The topological polar surface area (TPSA) is 62.6 Å². The van der Waals surface area contributed by atoms with Gasteiger partial charge < -0.3 is 14.6 Å². The van der Waals surface area contributed by atoms with Crippen molar-refractivity contribution in [2.75, 3.05) is 19.0 Å². The summed E-state index contributed by atoms with van der Waals surface area (Å²) in [6, 6.07) is 3.53. The fourth-order valence-electron chi connectivity index (χ4n) is 2.31. The SMILES string of the molecule is O=C(CCCCl)NC1CCN(C(=O)c2ccco2)CC1. The molecule has 0 aromatic carbocycles. The largest absolute Gasteiger partial charge is 0.459 e. The van der Waals surface area contributed by atoms with E-state index in [1.165, 1.54) is 6.26 Å². The molecule has 20 heavy (non-hydrogen) atoms. The quantitative estimate of drug-likeness (QED) is 0.846. The van der Waals surface area contributed by atoms with Gasteiger partial charge in [-0.05, 0) is 31.4 Å². The standard InChI is InChI=1S/C14H19ClN2O3/c15-7-1-4-13(18)16-11-5-8-17(9-6-11)14(19)12-3-2-10-20-12/h2-3,10-11H,1,4-9H2,(H,16,18). The van der Waals surface area contributed by atoms with E-state index in [1.807, 2.05) is 0 Å². The first kappa shape index (κ1) is 14.9. The van der Waals surface area contributed by atoms with Gasteiger partial charge in [-0.2, -0.15) is 0 Å². The van der Waals surface area contributed by atoms with E-state index in [0.717, 1.165) is 12.8 Å². The zero-order chi connectivity index (χ0) is 14.4. The van der Waals surface area contributed by atoms with Gasteiger partial charge in [-0.1, -0.05) is 0 Å². The molecule has 1 aromatic rings. The Balaban J connectivity index is 1.75. The highest BCUT2D eigenvalue weighted by molar-refractivity contribution is 6.17. The molecular formula is C14H19ClN2O3. The molecule has 5 nitrogen and oxygen atoms in total. The maximum Gasteiger partial charge on any atom is 0.289 e. The number of carbonyl (C=O) groups is 2. The molecule has 0 spiro atoms. The minimum Gasteiger partial charge on any atom is -0.459 e. The van der Waals surface area contributed by atoms with Gasteiger partial charge in [0.05, 0.1) is 6.26 Å². The van der Waals surface area contributed by atoms with Crippen LogP contribution in [-0.4, -0.2) is 41.7 Å². The average Bonchev–Trinajstić information content (AvgIpc) is 2.99. The number of likely N-dealkylation sites (tertiary alicyclic amines) is 1. The molecular weight excluding hydrogens is 280 g/mol. The number of hydrogen-bond acceptors (Lipinski definition) is 3.